The quantitative estimate of drug-likeness (QED) is 0.754. The van der Waals surface area contributed by atoms with E-state index in [0.29, 0.717) is 0 Å². The molecule has 3 nitrogen and oxygen atoms in total. The van der Waals surface area contributed by atoms with Crippen molar-refractivity contribution in [2.75, 3.05) is 23.9 Å². The lowest BCUT2D eigenvalue weighted by atomic mass is 10.3. The Kier molecular flexibility index (Phi) is 5.75. The first kappa shape index (κ1) is 12.5. The molecule has 0 spiro atoms. The van der Waals surface area contributed by atoms with Crippen molar-refractivity contribution in [3.05, 3.63) is 16.3 Å². The lowest BCUT2D eigenvalue weighted by molar-refractivity contribution is -0.114. The monoisotopic (exact) mass is 244 g/mol. The average Bonchev–Trinajstić information content (AvgIpc) is 2.59. The molecular formula is C10H16N2OS2. The SMILES string of the molecule is CSCCNCc1sccc1NC(C)=O. The Morgan fingerprint density at radius 3 is 3.07 bits per heavy atom. The van der Waals surface area contributed by atoms with Gasteiger partial charge in [0.05, 0.1) is 5.69 Å². The number of carbonyl (C=O) groups is 1. The maximum atomic E-state index is 10.9. The largest absolute Gasteiger partial charge is 0.325 e. The van der Waals surface area contributed by atoms with E-state index in [2.05, 4.69) is 16.9 Å². The van der Waals surface area contributed by atoms with Crippen LogP contribution in [0.1, 0.15) is 11.8 Å². The number of amides is 1. The van der Waals surface area contributed by atoms with E-state index in [1.807, 2.05) is 23.2 Å². The van der Waals surface area contributed by atoms with Gasteiger partial charge >= 0.3 is 0 Å². The molecule has 0 radical (unpaired) electrons. The summed E-state index contributed by atoms with van der Waals surface area (Å²) in [5.41, 5.74) is 0.934. The first-order chi connectivity index (χ1) is 7.24. The van der Waals surface area contributed by atoms with Gasteiger partial charge < -0.3 is 10.6 Å². The number of thioether (sulfide) groups is 1. The molecule has 0 saturated carbocycles. The van der Waals surface area contributed by atoms with Crippen LogP contribution < -0.4 is 10.6 Å². The highest BCUT2D eigenvalue weighted by atomic mass is 32.2. The lowest BCUT2D eigenvalue weighted by Crippen LogP contribution is -2.17. The fourth-order valence-corrected chi connectivity index (χ4v) is 2.30. The van der Waals surface area contributed by atoms with Crippen LogP contribution in [-0.2, 0) is 11.3 Å². The van der Waals surface area contributed by atoms with Crippen LogP contribution >= 0.6 is 23.1 Å². The van der Waals surface area contributed by atoms with Crippen molar-refractivity contribution in [2.45, 2.75) is 13.5 Å². The third-order valence-electron chi connectivity index (χ3n) is 1.82. The average molecular weight is 244 g/mol. The lowest BCUT2D eigenvalue weighted by Gasteiger charge is -2.05. The van der Waals surface area contributed by atoms with Crippen molar-refractivity contribution in [1.29, 1.82) is 0 Å². The number of rotatable bonds is 6. The van der Waals surface area contributed by atoms with Crippen molar-refractivity contribution in [3.8, 4) is 0 Å². The highest BCUT2D eigenvalue weighted by Crippen LogP contribution is 2.21. The molecule has 0 saturated heterocycles. The Morgan fingerprint density at radius 1 is 1.60 bits per heavy atom. The van der Waals surface area contributed by atoms with Gasteiger partial charge in [-0.3, -0.25) is 4.79 Å². The minimum absolute atomic E-state index is 0.0150. The second-order valence-electron chi connectivity index (χ2n) is 3.11. The maximum absolute atomic E-state index is 10.9. The predicted molar refractivity (Wildman–Crippen MR) is 68.7 cm³/mol. The Balaban J connectivity index is 2.39. The van der Waals surface area contributed by atoms with Crippen molar-refractivity contribution < 1.29 is 4.79 Å². The van der Waals surface area contributed by atoms with Crippen molar-refractivity contribution in [2.24, 2.45) is 0 Å². The van der Waals surface area contributed by atoms with Crippen LogP contribution in [0.5, 0.6) is 0 Å². The van der Waals surface area contributed by atoms with Crippen molar-refractivity contribution in [1.82, 2.24) is 5.32 Å². The van der Waals surface area contributed by atoms with Gasteiger partial charge in [0.2, 0.25) is 5.91 Å². The molecule has 0 fully saturated rings. The zero-order valence-corrected chi connectivity index (χ0v) is 10.6. The molecule has 0 aliphatic rings. The van der Waals surface area contributed by atoms with Gasteiger partial charge in [-0.05, 0) is 17.7 Å². The van der Waals surface area contributed by atoms with Crippen LogP contribution in [0.25, 0.3) is 0 Å². The summed E-state index contributed by atoms with van der Waals surface area (Å²) in [4.78, 5) is 12.1. The van der Waals surface area contributed by atoms with Crippen LogP contribution in [0, 0.1) is 0 Å². The molecule has 1 amide bonds. The zero-order valence-electron chi connectivity index (χ0n) is 9.00. The van der Waals surface area contributed by atoms with Crippen molar-refractivity contribution >= 4 is 34.7 Å². The summed E-state index contributed by atoms with van der Waals surface area (Å²) in [5, 5.41) is 8.16. The molecule has 1 aromatic heterocycles. The van der Waals surface area contributed by atoms with Gasteiger partial charge in [-0.25, -0.2) is 0 Å². The van der Waals surface area contributed by atoms with Crippen molar-refractivity contribution in [3.63, 3.8) is 0 Å². The number of hydrogen-bond donors (Lipinski definition) is 2. The molecule has 84 valence electrons. The summed E-state index contributed by atoms with van der Waals surface area (Å²) < 4.78 is 0. The van der Waals surface area contributed by atoms with Crippen LogP contribution in [0.3, 0.4) is 0 Å². The number of thiophene rings is 1. The van der Waals surface area contributed by atoms with Gasteiger partial charge in [0.1, 0.15) is 0 Å². The number of carbonyl (C=O) groups excluding carboxylic acids is 1. The summed E-state index contributed by atoms with van der Waals surface area (Å²) in [7, 11) is 0. The molecule has 2 N–H and O–H groups in total. The summed E-state index contributed by atoms with van der Waals surface area (Å²) in [6.45, 7) is 3.36. The standard InChI is InChI=1S/C10H16N2OS2/c1-8(13)12-9-3-5-15-10(9)7-11-4-6-14-2/h3,5,11H,4,6-7H2,1-2H3,(H,12,13). The van der Waals surface area contributed by atoms with E-state index in [4.69, 9.17) is 0 Å². The second-order valence-corrected chi connectivity index (χ2v) is 5.09. The van der Waals surface area contributed by atoms with E-state index >= 15 is 0 Å². The van der Waals surface area contributed by atoms with Gasteiger partial charge in [-0.2, -0.15) is 11.8 Å². The van der Waals surface area contributed by atoms with Gasteiger partial charge in [0, 0.05) is 30.6 Å². The van der Waals surface area contributed by atoms with Gasteiger partial charge in [-0.1, -0.05) is 0 Å². The zero-order chi connectivity index (χ0) is 11.1. The van der Waals surface area contributed by atoms with Gasteiger partial charge in [-0.15, -0.1) is 11.3 Å². The molecule has 0 bridgehead atoms. The van der Waals surface area contributed by atoms with E-state index in [0.717, 1.165) is 24.5 Å². The normalized spacial score (nSPS) is 10.3. The van der Waals surface area contributed by atoms with E-state index in [1.54, 1.807) is 11.3 Å². The number of nitrogens with one attached hydrogen (secondary N) is 2. The molecule has 0 aliphatic carbocycles. The smallest absolute Gasteiger partial charge is 0.221 e. The topological polar surface area (TPSA) is 41.1 Å². The molecule has 1 aromatic rings. The summed E-state index contributed by atoms with van der Waals surface area (Å²) in [6.07, 6.45) is 2.09. The summed E-state index contributed by atoms with van der Waals surface area (Å²) in [6, 6.07) is 1.94. The Hall–Kier alpha value is -0.520. The third-order valence-corrected chi connectivity index (χ3v) is 3.36. The number of anilines is 1. The highest BCUT2D eigenvalue weighted by Gasteiger charge is 2.04. The highest BCUT2D eigenvalue weighted by molar-refractivity contribution is 7.98. The molecule has 0 unspecified atom stereocenters. The Morgan fingerprint density at radius 2 is 2.40 bits per heavy atom. The molecule has 0 aromatic carbocycles. The minimum Gasteiger partial charge on any atom is -0.325 e. The molecular weight excluding hydrogens is 228 g/mol. The van der Waals surface area contributed by atoms with Crippen LogP contribution in [0.2, 0.25) is 0 Å². The molecule has 0 aliphatic heterocycles. The summed E-state index contributed by atoms with van der Waals surface area (Å²) >= 11 is 3.49. The molecule has 1 heterocycles. The van der Waals surface area contributed by atoms with Crippen LogP contribution in [-0.4, -0.2) is 24.5 Å². The second kappa shape index (κ2) is 6.87. The van der Waals surface area contributed by atoms with Gasteiger partial charge in [0.25, 0.3) is 0 Å². The van der Waals surface area contributed by atoms with Crippen LogP contribution in [0.15, 0.2) is 11.4 Å². The fraction of sp³-hybridized carbons (Fsp3) is 0.500. The number of hydrogen-bond acceptors (Lipinski definition) is 4. The maximum Gasteiger partial charge on any atom is 0.221 e. The molecule has 15 heavy (non-hydrogen) atoms. The molecule has 5 heteroatoms. The summed E-state index contributed by atoms with van der Waals surface area (Å²) in [5.74, 6) is 1.10. The first-order valence-corrected chi connectivity index (χ1v) is 7.05. The van der Waals surface area contributed by atoms with Gasteiger partial charge in [0.15, 0.2) is 0 Å². The van der Waals surface area contributed by atoms with E-state index in [-0.39, 0.29) is 5.91 Å². The van der Waals surface area contributed by atoms with Crippen LogP contribution in [0.4, 0.5) is 5.69 Å². The molecule has 1 rings (SSSR count). The first-order valence-electron chi connectivity index (χ1n) is 4.77. The third kappa shape index (κ3) is 4.68. The van der Waals surface area contributed by atoms with E-state index < -0.39 is 0 Å². The fourth-order valence-electron chi connectivity index (χ4n) is 1.15. The van der Waals surface area contributed by atoms with E-state index in [9.17, 15) is 4.79 Å². The Labute approximate surface area is 98.6 Å². The molecule has 0 atom stereocenters. The minimum atomic E-state index is -0.0150. The van der Waals surface area contributed by atoms with E-state index in [1.165, 1.54) is 11.8 Å². The predicted octanol–water partition coefficient (Wildman–Crippen LogP) is 2.16. The Bertz CT molecular complexity index is 312.